The number of ether oxygens (including phenoxy) is 1. The number of nitrogens with zero attached hydrogens (tertiary/aromatic N) is 1. The van der Waals surface area contributed by atoms with Crippen LogP contribution in [-0.4, -0.2) is 40.8 Å². The number of sulfonamides is 1. The fraction of sp³-hybridized carbons (Fsp3) is 0.278. The van der Waals surface area contributed by atoms with E-state index in [0.29, 0.717) is 22.0 Å². The van der Waals surface area contributed by atoms with E-state index in [2.05, 4.69) is 5.32 Å². The van der Waals surface area contributed by atoms with E-state index in [0.717, 1.165) is 11.8 Å². The summed E-state index contributed by atoms with van der Waals surface area (Å²) < 4.78 is 30.5. The Kier molecular flexibility index (Phi) is 6.50. The third kappa shape index (κ3) is 5.12. The van der Waals surface area contributed by atoms with Gasteiger partial charge in [-0.1, -0.05) is 29.3 Å². The van der Waals surface area contributed by atoms with E-state index in [1.165, 1.54) is 17.5 Å². The molecule has 2 aromatic rings. The van der Waals surface area contributed by atoms with Crippen molar-refractivity contribution in [2.45, 2.75) is 6.92 Å². The van der Waals surface area contributed by atoms with Crippen molar-refractivity contribution in [2.75, 3.05) is 30.8 Å². The zero-order chi connectivity index (χ0) is 19.3. The molecular formula is C18H21ClN2O4S. The average Bonchev–Trinajstić information content (AvgIpc) is 2.58. The van der Waals surface area contributed by atoms with E-state index in [1.54, 1.807) is 24.3 Å². The number of hydrogen-bond acceptors (Lipinski definition) is 4. The van der Waals surface area contributed by atoms with E-state index in [4.69, 9.17) is 16.3 Å². The highest BCUT2D eigenvalue weighted by atomic mass is 35.5. The summed E-state index contributed by atoms with van der Waals surface area (Å²) in [6.45, 7) is 2.17. The van der Waals surface area contributed by atoms with Crippen molar-refractivity contribution in [2.24, 2.45) is 0 Å². The Labute approximate surface area is 158 Å². The van der Waals surface area contributed by atoms with Gasteiger partial charge in [0.25, 0.3) is 5.91 Å². The average molecular weight is 397 g/mol. The number of aryl methyl sites for hydroxylation is 1. The molecule has 0 aromatic heterocycles. The van der Waals surface area contributed by atoms with Crippen molar-refractivity contribution in [3.63, 3.8) is 0 Å². The highest BCUT2D eigenvalue weighted by Crippen LogP contribution is 2.29. The first kappa shape index (κ1) is 20.1. The number of anilines is 1. The molecule has 26 heavy (non-hydrogen) atoms. The van der Waals surface area contributed by atoms with Crippen molar-refractivity contribution < 1.29 is 17.9 Å². The number of benzene rings is 2. The molecule has 1 amide bonds. The number of carbonyl (C=O) groups excluding carboxylic acids is 1. The van der Waals surface area contributed by atoms with E-state index < -0.39 is 10.0 Å². The number of halogens is 1. The van der Waals surface area contributed by atoms with E-state index in [-0.39, 0.29) is 19.0 Å². The summed E-state index contributed by atoms with van der Waals surface area (Å²) in [5.74, 6) is 0.197. The summed E-state index contributed by atoms with van der Waals surface area (Å²) >= 11 is 6.08. The summed E-state index contributed by atoms with van der Waals surface area (Å²) in [5.41, 5.74) is 1.98. The predicted octanol–water partition coefficient (Wildman–Crippen LogP) is 2.85. The lowest BCUT2D eigenvalue weighted by Crippen LogP contribution is -2.38. The standard InChI is InChI=1S/C18H21ClN2O4S/c1-13-4-6-14(7-5-13)18(22)20-10-11-21(26(3,23)24)15-8-9-17(25-2)16(19)12-15/h4-9,12H,10-11H2,1-3H3,(H,20,22). The van der Waals surface area contributed by atoms with Crippen LogP contribution in [0.1, 0.15) is 15.9 Å². The summed E-state index contributed by atoms with van der Waals surface area (Å²) in [6.07, 6.45) is 1.10. The minimum absolute atomic E-state index is 0.0824. The molecule has 8 heteroatoms. The van der Waals surface area contributed by atoms with Gasteiger partial charge in [0.05, 0.1) is 30.6 Å². The molecule has 0 aliphatic rings. The molecule has 6 nitrogen and oxygen atoms in total. The summed E-state index contributed by atoms with van der Waals surface area (Å²) in [7, 11) is -2.06. The van der Waals surface area contributed by atoms with Gasteiger partial charge >= 0.3 is 0 Å². The second-order valence-electron chi connectivity index (χ2n) is 5.78. The van der Waals surface area contributed by atoms with Crippen LogP contribution in [0.5, 0.6) is 5.75 Å². The highest BCUT2D eigenvalue weighted by Gasteiger charge is 2.19. The maximum Gasteiger partial charge on any atom is 0.251 e. The van der Waals surface area contributed by atoms with Crippen LogP contribution < -0.4 is 14.4 Å². The Bertz CT molecular complexity index is 883. The fourth-order valence-electron chi connectivity index (χ4n) is 2.37. The largest absolute Gasteiger partial charge is 0.495 e. The van der Waals surface area contributed by atoms with Gasteiger partial charge in [0, 0.05) is 12.1 Å². The van der Waals surface area contributed by atoms with Gasteiger partial charge < -0.3 is 10.1 Å². The van der Waals surface area contributed by atoms with Gasteiger partial charge in [-0.05, 0) is 37.3 Å². The topological polar surface area (TPSA) is 75.7 Å². The minimum atomic E-state index is -3.54. The molecule has 1 N–H and O–H groups in total. The Morgan fingerprint density at radius 2 is 1.85 bits per heavy atom. The van der Waals surface area contributed by atoms with E-state index >= 15 is 0 Å². The van der Waals surface area contributed by atoms with Gasteiger partial charge in [0.2, 0.25) is 10.0 Å². The first-order valence-electron chi connectivity index (χ1n) is 7.88. The summed E-state index contributed by atoms with van der Waals surface area (Å²) in [4.78, 5) is 12.1. The van der Waals surface area contributed by atoms with Crippen LogP contribution in [0.2, 0.25) is 5.02 Å². The summed E-state index contributed by atoms with van der Waals surface area (Å²) in [5, 5.41) is 3.03. The number of methoxy groups -OCH3 is 1. The first-order valence-corrected chi connectivity index (χ1v) is 10.1. The molecule has 0 aliphatic heterocycles. The number of rotatable bonds is 7. The lowest BCUT2D eigenvalue weighted by atomic mass is 10.1. The van der Waals surface area contributed by atoms with Crippen molar-refractivity contribution in [1.82, 2.24) is 5.32 Å². The van der Waals surface area contributed by atoms with Crippen molar-refractivity contribution >= 4 is 33.2 Å². The minimum Gasteiger partial charge on any atom is -0.495 e. The second-order valence-corrected chi connectivity index (χ2v) is 8.09. The Morgan fingerprint density at radius 1 is 1.19 bits per heavy atom. The lowest BCUT2D eigenvalue weighted by Gasteiger charge is -2.23. The Morgan fingerprint density at radius 3 is 2.38 bits per heavy atom. The van der Waals surface area contributed by atoms with Crippen molar-refractivity contribution in [3.8, 4) is 5.75 Å². The molecular weight excluding hydrogens is 376 g/mol. The molecule has 2 aromatic carbocycles. The molecule has 0 atom stereocenters. The molecule has 0 radical (unpaired) electrons. The molecule has 0 aliphatic carbocycles. The third-order valence-corrected chi connectivity index (χ3v) is 5.23. The third-order valence-electron chi connectivity index (χ3n) is 3.74. The monoisotopic (exact) mass is 396 g/mol. The Hall–Kier alpha value is -2.25. The van der Waals surface area contributed by atoms with Crippen LogP contribution in [0.4, 0.5) is 5.69 Å². The molecule has 0 fully saturated rings. The lowest BCUT2D eigenvalue weighted by molar-refractivity contribution is 0.0955. The maximum atomic E-state index is 12.1. The molecule has 0 bridgehead atoms. The zero-order valence-corrected chi connectivity index (χ0v) is 16.4. The number of carbonyl (C=O) groups is 1. The van der Waals surface area contributed by atoms with Crippen molar-refractivity contribution in [1.29, 1.82) is 0 Å². The highest BCUT2D eigenvalue weighted by molar-refractivity contribution is 7.92. The van der Waals surface area contributed by atoms with Crippen LogP contribution in [0.3, 0.4) is 0 Å². The van der Waals surface area contributed by atoms with Crippen molar-refractivity contribution in [3.05, 3.63) is 58.6 Å². The molecule has 140 valence electrons. The maximum absolute atomic E-state index is 12.1. The fourth-order valence-corrected chi connectivity index (χ4v) is 3.55. The van der Waals surface area contributed by atoms with Gasteiger partial charge in [-0.15, -0.1) is 0 Å². The number of hydrogen-bond donors (Lipinski definition) is 1. The van der Waals surface area contributed by atoms with Gasteiger partial charge in [-0.3, -0.25) is 9.10 Å². The van der Waals surface area contributed by atoms with Gasteiger partial charge in [0.1, 0.15) is 5.75 Å². The van der Waals surface area contributed by atoms with E-state index in [1.807, 2.05) is 19.1 Å². The Balaban J connectivity index is 2.08. The van der Waals surface area contributed by atoms with Crippen LogP contribution in [0, 0.1) is 6.92 Å². The van der Waals surface area contributed by atoms with Gasteiger partial charge in [0.15, 0.2) is 0 Å². The molecule has 0 unspecified atom stereocenters. The van der Waals surface area contributed by atoms with Crippen LogP contribution >= 0.6 is 11.6 Å². The van der Waals surface area contributed by atoms with Gasteiger partial charge in [-0.25, -0.2) is 8.42 Å². The molecule has 0 saturated carbocycles. The van der Waals surface area contributed by atoms with E-state index in [9.17, 15) is 13.2 Å². The number of nitrogens with one attached hydrogen (secondary N) is 1. The number of amides is 1. The van der Waals surface area contributed by atoms with Crippen LogP contribution in [0.15, 0.2) is 42.5 Å². The SMILES string of the molecule is COc1ccc(N(CCNC(=O)c2ccc(C)cc2)S(C)(=O)=O)cc1Cl. The molecule has 0 heterocycles. The first-order chi connectivity index (χ1) is 12.2. The predicted molar refractivity (Wildman–Crippen MR) is 104 cm³/mol. The molecule has 0 spiro atoms. The quantitative estimate of drug-likeness (QED) is 0.780. The second kappa shape index (κ2) is 8.42. The van der Waals surface area contributed by atoms with Gasteiger partial charge in [-0.2, -0.15) is 0 Å². The van der Waals surface area contributed by atoms with Crippen LogP contribution in [0.25, 0.3) is 0 Å². The normalized spacial score (nSPS) is 11.1. The smallest absolute Gasteiger partial charge is 0.251 e. The molecule has 2 rings (SSSR count). The molecule has 0 saturated heterocycles. The zero-order valence-electron chi connectivity index (χ0n) is 14.8. The van der Waals surface area contributed by atoms with Crippen LogP contribution in [-0.2, 0) is 10.0 Å². The summed E-state index contributed by atoms with van der Waals surface area (Å²) in [6, 6.07) is 11.9.